The molecule has 2 saturated carbocycles. The summed E-state index contributed by atoms with van der Waals surface area (Å²) in [5.41, 5.74) is 3.10. The molecule has 5 amide bonds. The average Bonchev–Trinajstić information content (AvgIpc) is 3.49. The van der Waals surface area contributed by atoms with Gasteiger partial charge in [0, 0.05) is 78.5 Å². The number of ether oxygens (including phenoxy) is 1. The second-order valence-electron chi connectivity index (χ2n) is 18.7. The monoisotopic (exact) mass is 847 g/mol. The highest BCUT2D eigenvalue weighted by atomic mass is 35.5. The Morgan fingerprint density at radius 2 is 1.56 bits per heavy atom. The van der Waals surface area contributed by atoms with Gasteiger partial charge in [0.25, 0.3) is 17.7 Å². The normalized spacial score (nSPS) is 24.1. The fourth-order valence-corrected chi connectivity index (χ4v) is 11.1. The fourth-order valence-electron chi connectivity index (χ4n) is 10.9. The Kier molecular flexibility index (Phi) is 11.4. The smallest absolute Gasteiger partial charge is 0.262 e. The highest BCUT2D eigenvalue weighted by Gasteiger charge is 2.64. The zero-order valence-corrected chi connectivity index (χ0v) is 36.0. The van der Waals surface area contributed by atoms with Crippen LogP contribution in [0.4, 0.5) is 11.4 Å². The molecule has 320 valence electrons. The molecule has 0 aromatic heterocycles. The third kappa shape index (κ3) is 8.08. The lowest BCUT2D eigenvalue weighted by Gasteiger charge is -2.63. The fraction of sp³-hybridized carbons (Fsp3) is 0.489. The number of carbonyl (C=O) groups excluding carboxylic acids is 5. The summed E-state index contributed by atoms with van der Waals surface area (Å²) < 4.78 is 6.37. The van der Waals surface area contributed by atoms with Gasteiger partial charge in [-0.1, -0.05) is 39.3 Å². The third-order valence-electron chi connectivity index (χ3n) is 14.1. The van der Waals surface area contributed by atoms with E-state index in [9.17, 15) is 29.2 Å². The van der Waals surface area contributed by atoms with E-state index in [1.165, 1.54) is 12.8 Å². The first kappa shape index (κ1) is 42.2. The molecule has 1 spiro atoms. The maximum atomic E-state index is 13.4. The van der Waals surface area contributed by atoms with Crippen molar-refractivity contribution in [3.63, 3.8) is 0 Å². The van der Waals surface area contributed by atoms with E-state index in [1.807, 2.05) is 30.3 Å². The molecule has 61 heavy (non-hydrogen) atoms. The van der Waals surface area contributed by atoms with E-state index < -0.39 is 23.8 Å². The molecule has 3 aliphatic heterocycles. The number of hydrogen-bond donors (Lipinski definition) is 4. The topological polar surface area (TPSA) is 173 Å². The zero-order chi connectivity index (χ0) is 43.3. The van der Waals surface area contributed by atoms with Crippen LogP contribution in [-0.2, 0) is 9.59 Å². The van der Waals surface area contributed by atoms with Crippen molar-refractivity contribution in [1.29, 1.82) is 5.26 Å². The molecule has 3 aromatic rings. The van der Waals surface area contributed by atoms with Gasteiger partial charge < -0.3 is 25.6 Å². The first-order valence-corrected chi connectivity index (χ1v) is 21.8. The molecule has 4 N–H and O–H groups in total. The summed E-state index contributed by atoms with van der Waals surface area (Å²) in [7, 11) is 0. The lowest BCUT2D eigenvalue weighted by atomic mass is 9.49. The molecule has 1 atom stereocenters. The Hall–Kier alpha value is -5.45. The van der Waals surface area contributed by atoms with Gasteiger partial charge in [-0.2, -0.15) is 5.26 Å². The summed E-state index contributed by atoms with van der Waals surface area (Å²) in [6.07, 6.45) is 6.79. The molecule has 0 bridgehead atoms. The third-order valence-corrected chi connectivity index (χ3v) is 14.4. The second kappa shape index (κ2) is 16.4. The maximum absolute atomic E-state index is 13.4. The van der Waals surface area contributed by atoms with Gasteiger partial charge in [0.15, 0.2) is 0 Å². The van der Waals surface area contributed by atoms with Crippen LogP contribution in [0.15, 0.2) is 60.7 Å². The Morgan fingerprint density at radius 1 is 0.869 bits per heavy atom. The lowest BCUT2D eigenvalue weighted by molar-refractivity contribution is -0.164. The number of halogens is 1. The van der Waals surface area contributed by atoms with E-state index in [1.54, 1.807) is 30.3 Å². The number of anilines is 2. The van der Waals surface area contributed by atoms with E-state index in [4.69, 9.17) is 16.3 Å². The van der Waals surface area contributed by atoms with Crippen LogP contribution in [0.2, 0.25) is 5.02 Å². The highest BCUT2D eigenvalue weighted by Crippen LogP contribution is 2.55. The number of benzene rings is 3. The number of piperidine rings is 2. The van der Waals surface area contributed by atoms with Crippen LogP contribution < -0.4 is 30.9 Å². The predicted octanol–water partition coefficient (Wildman–Crippen LogP) is 6.46. The van der Waals surface area contributed by atoms with Gasteiger partial charge in [0.05, 0.1) is 21.7 Å². The largest absolute Gasteiger partial charge is 0.489 e. The summed E-state index contributed by atoms with van der Waals surface area (Å²) >= 11 is 6.24. The zero-order valence-electron chi connectivity index (χ0n) is 35.2. The quantitative estimate of drug-likeness (QED) is 0.124. The van der Waals surface area contributed by atoms with Crippen molar-refractivity contribution in [1.82, 2.24) is 20.9 Å². The van der Waals surface area contributed by atoms with Gasteiger partial charge in [-0.25, -0.2) is 0 Å². The molecule has 2 aliphatic carbocycles. The van der Waals surface area contributed by atoms with Crippen molar-refractivity contribution in [2.24, 2.45) is 16.2 Å². The Labute approximate surface area is 361 Å². The van der Waals surface area contributed by atoms with Gasteiger partial charge in [0.2, 0.25) is 11.8 Å². The minimum absolute atomic E-state index is 0.0951. The van der Waals surface area contributed by atoms with E-state index in [-0.39, 0.29) is 47.6 Å². The van der Waals surface area contributed by atoms with Gasteiger partial charge in [-0.05, 0) is 105 Å². The lowest BCUT2D eigenvalue weighted by Crippen LogP contribution is -2.74. The van der Waals surface area contributed by atoms with Crippen LogP contribution in [0.1, 0.15) is 116 Å². The Balaban J connectivity index is 0.750. The van der Waals surface area contributed by atoms with Gasteiger partial charge in [0.1, 0.15) is 24.0 Å². The molecule has 3 aromatic carbocycles. The van der Waals surface area contributed by atoms with Crippen LogP contribution in [0.5, 0.6) is 5.75 Å². The number of rotatable bonds is 11. The van der Waals surface area contributed by atoms with Crippen LogP contribution >= 0.6 is 11.6 Å². The van der Waals surface area contributed by atoms with Crippen molar-refractivity contribution in [3.8, 4) is 11.8 Å². The number of carbonyl (C=O) groups is 5. The number of amides is 5. The van der Waals surface area contributed by atoms with Crippen molar-refractivity contribution in [2.75, 3.05) is 36.4 Å². The van der Waals surface area contributed by atoms with Gasteiger partial charge in [-0.15, -0.1) is 0 Å². The molecular weight excluding hydrogens is 794 g/mol. The minimum atomic E-state index is -0.968. The number of fused-ring (bicyclic) bond motifs is 1. The Morgan fingerprint density at radius 3 is 2.21 bits per heavy atom. The molecule has 1 unspecified atom stereocenters. The van der Waals surface area contributed by atoms with E-state index in [0.717, 1.165) is 68.1 Å². The Bertz CT molecular complexity index is 2270. The maximum Gasteiger partial charge on any atom is 0.262 e. The minimum Gasteiger partial charge on any atom is -0.489 e. The van der Waals surface area contributed by atoms with Gasteiger partial charge in [-0.3, -0.25) is 34.2 Å². The second-order valence-corrected chi connectivity index (χ2v) is 19.1. The molecule has 3 heterocycles. The van der Waals surface area contributed by atoms with Gasteiger partial charge >= 0.3 is 0 Å². The molecule has 13 nitrogen and oxygen atoms in total. The molecule has 5 aliphatic rings. The number of hydrogen-bond acceptors (Lipinski definition) is 10. The number of nitrogens with zero attached hydrogens (tertiary/aromatic N) is 3. The number of nitrogens with one attached hydrogen (secondary N) is 4. The SMILES string of the molecule is CC1(C)C(NC(=O)c2ccc(NCCNC3CCC4(CC3)CCN(c3ccc5c(c3)C(=O)N(C3CCC(=O)NC3=O)C5=O)CC4)cc2)C(C)(C)C1Oc1ccc(C#N)c(Cl)c1. The summed E-state index contributed by atoms with van der Waals surface area (Å²) in [5, 5.41) is 22.3. The first-order chi connectivity index (χ1) is 29.1. The molecule has 0 radical (unpaired) electrons. The van der Waals surface area contributed by atoms with Crippen LogP contribution in [0.25, 0.3) is 0 Å². The van der Waals surface area contributed by atoms with E-state index >= 15 is 0 Å². The number of nitriles is 1. The summed E-state index contributed by atoms with van der Waals surface area (Å²) in [6.45, 7) is 11.7. The predicted molar refractivity (Wildman–Crippen MR) is 232 cm³/mol. The standard InChI is InChI=1S/C47H54ClN7O6/c1-45(2)43(46(3,4)44(45)61-33-11-7-29(27-49)36(48)26-33)53-39(57)28-5-8-30(9-6-28)50-21-22-51-31-15-17-47(18-16-31)19-23-54(24-20-47)32-10-12-34-35(25-32)42(60)55(41(34)59)37-13-14-38(56)52-40(37)58/h5-12,25-26,31,37,43-44,50-51H,13-24H2,1-4H3,(H,53,57)(H,52,56,58). The molecule has 14 heteroatoms. The highest BCUT2D eigenvalue weighted by molar-refractivity contribution is 6.31. The van der Waals surface area contributed by atoms with Crippen molar-refractivity contribution in [2.45, 2.75) is 103 Å². The van der Waals surface area contributed by atoms with Crippen LogP contribution in [0, 0.1) is 27.6 Å². The van der Waals surface area contributed by atoms with Crippen molar-refractivity contribution in [3.05, 3.63) is 87.9 Å². The molecule has 4 fully saturated rings. The summed E-state index contributed by atoms with van der Waals surface area (Å²) in [5.74, 6) is -1.48. The number of imide groups is 2. The van der Waals surface area contributed by atoms with Crippen molar-refractivity contribution >= 4 is 52.5 Å². The summed E-state index contributed by atoms with van der Waals surface area (Å²) in [4.78, 5) is 67.3. The average molecular weight is 848 g/mol. The van der Waals surface area contributed by atoms with E-state index in [2.05, 4.69) is 59.9 Å². The summed E-state index contributed by atoms with van der Waals surface area (Å²) in [6, 6.07) is 19.5. The first-order valence-electron chi connectivity index (χ1n) is 21.5. The van der Waals surface area contributed by atoms with Crippen molar-refractivity contribution < 1.29 is 28.7 Å². The van der Waals surface area contributed by atoms with Crippen LogP contribution in [0.3, 0.4) is 0 Å². The molecule has 8 rings (SSSR count). The van der Waals surface area contributed by atoms with Crippen LogP contribution in [-0.4, -0.2) is 84.8 Å². The van der Waals surface area contributed by atoms with E-state index in [0.29, 0.717) is 44.5 Å². The molecular formula is C47H54ClN7O6. The molecule has 2 saturated heterocycles.